The normalized spacial score (nSPS) is 10.6. The first-order chi connectivity index (χ1) is 14.1. The Balaban J connectivity index is 1.55. The van der Waals surface area contributed by atoms with Gasteiger partial charge >= 0.3 is 5.97 Å². The molecule has 0 aliphatic rings. The first-order valence-electron chi connectivity index (χ1n) is 9.36. The number of ether oxygens (including phenoxy) is 1. The molecule has 0 radical (unpaired) electrons. The third-order valence-electron chi connectivity index (χ3n) is 4.33. The number of hydrogen-bond acceptors (Lipinski definition) is 4. The molecule has 0 bridgehead atoms. The number of carbonyl (C=O) groups excluding carboxylic acids is 2. The predicted octanol–water partition coefficient (Wildman–Crippen LogP) is 3.57. The fourth-order valence-corrected chi connectivity index (χ4v) is 2.86. The number of aryl methyl sites for hydroxylation is 1. The van der Waals surface area contributed by atoms with E-state index in [-0.39, 0.29) is 25.1 Å². The van der Waals surface area contributed by atoms with Crippen LogP contribution in [0.5, 0.6) is 0 Å². The van der Waals surface area contributed by atoms with Gasteiger partial charge in [0.2, 0.25) is 0 Å². The van der Waals surface area contributed by atoms with Gasteiger partial charge in [-0.25, -0.2) is 9.37 Å². The molecule has 0 saturated carbocycles. The lowest BCUT2D eigenvalue weighted by atomic mass is 10.1. The minimum Gasteiger partial charge on any atom is -0.461 e. The van der Waals surface area contributed by atoms with Crippen LogP contribution in [-0.4, -0.2) is 28.0 Å². The smallest absolute Gasteiger partial charge is 0.307 e. The summed E-state index contributed by atoms with van der Waals surface area (Å²) in [6.45, 7) is 2.92. The number of nitrogens with zero attached hydrogens (tertiary/aromatic N) is 2. The van der Waals surface area contributed by atoms with Crippen LogP contribution in [0.1, 0.15) is 29.3 Å². The maximum absolute atomic E-state index is 14.0. The highest BCUT2D eigenvalue weighted by Gasteiger charge is 2.13. The standard InChI is InChI=1S/C22H22FN3O3/c1-2-26-11-10-24-21(26)17-12-18(14-19(23)13-17)22(28)25-9-8-20(27)29-15-16-6-4-3-5-7-16/h3-7,10-14H,2,8-9,15H2,1H3,(H,25,28). The number of imidazole rings is 1. The third-order valence-corrected chi connectivity index (χ3v) is 4.33. The molecule has 6 nitrogen and oxygen atoms in total. The van der Waals surface area contributed by atoms with E-state index < -0.39 is 17.7 Å². The molecule has 0 aliphatic carbocycles. The lowest BCUT2D eigenvalue weighted by Gasteiger charge is -2.09. The fraction of sp³-hybridized carbons (Fsp3) is 0.227. The van der Waals surface area contributed by atoms with Crippen molar-refractivity contribution in [2.24, 2.45) is 0 Å². The second kappa shape index (κ2) is 9.64. The van der Waals surface area contributed by atoms with Crippen molar-refractivity contribution in [2.45, 2.75) is 26.5 Å². The highest BCUT2D eigenvalue weighted by atomic mass is 19.1. The monoisotopic (exact) mass is 395 g/mol. The highest BCUT2D eigenvalue weighted by molar-refractivity contribution is 5.95. The Bertz CT molecular complexity index is 986. The number of esters is 1. The van der Waals surface area contributed by atoms with Crippen LogP contribution >= 0.6 is 0 Å². The van der Waals surface area contributed by atoms with Crippen molar-refractivity contribution in [3.05, 3.63) is 77.9 Å². The number of benzene rings is 2. The van der Waals surface area contributed by atoms with E-state index in [0.717, 1.165) is 11.6 Å². The van der Waals surface area contributed by atoms with Crippen LogP contribution in [0.2, 0.25) is 0 Å². The fourth-order valence-electron chi connectivity index (χ4n) is 2.86. The summed E-state index contributed by atoms with van der Waals surface area (Å²) in [6, 6.07) is 13.4. The molecule has 3 rings (SSSR count). The molecular formula is C22H22FN3O3. The number of carbonyl (C=O) groups is 2. The van der Waals surface area contributed by atoms with Gasteiger partial charge in [-0.05, 0) is 30.7 Å². The van der Waals surface area contributed by atoms with Gasteiger partial charge in [-0.3, -0.25) is 9.59 Å². The molecule has 7 heteroatoms. The number of amides is 1. The van der Waals surface area contributed by atoms with E-state index in [2.05, 4.69) is 10.3 Å². The quantitative estimate of drug-likeness (QED) is 0.592. The Morgan fingerprint density at radius 2 is 1.97 bits per heavy atom. The summed E-state index contributed by atoms with van der Waals surface area (Å²) in [6.07, 6.45) is 3.45. The van der Waals surface area contributed by atoms with Gasteiger partial charge in [0.1, 0.15) is 18.2 Å². The van der Waals surface area contributed by atoms with E-state index in [4.69, 9.17) is 4.74 Å². The zero-order valence-corrected chi connectivity index (χ0v) is 16.1. The highest BCUT2D eigenvalue weighted by Crippen LogP contribution is 2.21. The zero-order chi connectivity index (χ0) is 20.6. The average Bonchev–Trinajstić information content (AvgIpc) is 3.21. The molecule has 0 atom stereocenters. The molecule has 3 aromatic rings. The van der Waals surface area contributed by atoms with E-state index in [9.17, 15) is 14.0 Å². The van der Waals surface area contributed by atoms with Crippen molar-refractivity contribution in [3.8, 4) is 11.4 Å². The van der Waals surface area contributed by atoms with E-state index in [1.807, 2.05) is 41.8 Å². The Hall–Kier alpha value is -3.48. The van der Waals surface area contributed by atoms with Crippen LogP contribution in [0, 0.1) is 5.82 Å². The van der Waals surface area contributed by atoms with E-state index in [1.54, 1.807) is 18.5 Å². The number of aromatic nitrogens is 2. The van der Waals surface area contributed by atoms with Gasteiger partial charge in [0.15, 0.2) is 0 Å². The molecule has 0 saturated heterocycles. The van der Waals surface area contributed by atoms with Crippen LogP contribution in [0.25, 0.3) is 11.4 Å². The third kappa shape index (κ3) is 5.51. The Labute approximate surface area is 168 Å². The molecule has 1 heterocycles. The van der Waals surface area contributed by atoms with Crippen LogP contribution in [0.3, 0.4) is 0 Å². The minimum absolute atomic E-state index is 0.0288. The van der Waals surface area contributed by atoms with Gasteiger partial charge in [-0.1, -0.05) is 30.3 Å². The second-order valence-electron chi connectivity index (χ2n) is 6.42. The summed E-state index contributed by atoms with van der Waals surface area (Å²) < 4.78 is 21.1. The maximum atomic E-state index is 14.0. The predicted molar refractivity (Wildman–Crippen MR) is 106 cm³/mol. The molecule has 1 N–H and O–H groups in total. The van der Waals surface area contributed by atoms with Gasteiger partial charge in [0, 0.05) is 36.6 Å². The van der Waals surface area contributed by atoms with Crippen molar-refractivity contribution in [2.75, 3.05) is 6.54 Å². The van der Waals surface area contributed by atoms with Gasteiger partial charge in [0.25, 0.3) is 5.91 Å². The summed E-state index contributed by atoms with van der Waals surface area (Å²) in [4.78, 5) is 28.4. The Morgan fingerprint density at radius 3 is 2.72 bits per heavy atom. The van der Waals surface area contributed by atoms with E-state index in [1.165, 1.54) is 6.07 Å². The van der Waals surface area contributed by atoms with Crippen molar-refractivity contribution in [3.63, 3.8) is 0 Å². The Morgan fingerprint density at radius 1 is 1.17 bits per heavy atom. The molecule has 0 unspecified atom stereocenters. The first-order valence-corrected chi connectivity index (χ1v) is 9.36. The van der Waals surface area contributed by atoms with Gasteiger partial charge in [0.05, 0.1) is 6.42 Å². The van der Waals surface area contributed by atoms with E-state index in [0.29, 0.717) is 17.9 Å². The maximum Gasteiger partial charge on any atom is 0.307 e. The minimum atomic E-state index is -0.527. The van der Waals surface area contributed by atoms with Crippen LogP contribution < -0.4 is 5.32 Å². The second-order valence-corrected chi connectivity index (χ2v) is 6.42. The van der Waals surface area contributed by atoms with Crippen molar-refractivity contribution >= 4 is 11.9 Å². The molecule has 1 aromatic heterocycles. The summed E-state index contributed by atoms with van der Waals surface area (Å²) in [5.41, 5.74) is 1.58. The Kier molecular flexibility index (Phi) is 6.73. The van der Waals surface area contributed by atoms with Crippen LogP contribution in [0.15, 0.2) is 60.9 Å². The van der Waals surface area contributed by atoms with Gasteiger partial charge in [-0.2, -0.15) is 0 Å². The van der Waals surface area contributed by atoms with Gasteiger partial charge < -0.3 is 14.6 Å². The molecule has 0 fully saturated rings. The number of halogens is 1. The van der Waals surface area contributed by atoms with Crippen molar-refractivity contribution in [1.82, 2.24) is 14.9 Å². The summed E-state index contributed by atoms with van der Waals surface area (Å²) >= 11 is 0. The van der Waals surface area contributed by atoms with Crippen molar-refractivity contribution in [1.29, 1.82) is 0 Å². The van der Waals surface area contributed by atoms with Gasteiger partial charge in [-0.15, -0.1) is 0 Å². The number of hydrogen-bond donors (Lipinski definition) is 1. The summed E-state index contributed by atoms with van der Waals surface area (Å²) in [5.74, 6) is -0.818. The molecular weight excluding hydrogens is 373 g/mol. The first kappa shape index (κ1) is 20.3. The molecule has 150 valence electrons. The van der Waals surface area contributed by atoms with E-state index >= 15 is 0 Å². The topological polar surface area (TPSA) is 73.2 Å². The largest absolute Gasteiger partial charge is 0.461 e. The number of nitrogens with one attached hydrogen (secondary N) is 1. The van der Waals surface area contributed by atoms with Crippen molar-refractivity contribution < 1.29 is 18.7 Å². The van der Waals surface area contributed by atoms with Crippen LogP contribution in [-0.2, 0) is 22.7 Å². The molecule has 1 amide bonds. The molecule has 2 aromatic carbocycles. The summed E-state index contributed by atoms with van der Waals surface area (Å²) in [7, 11) is 0. The zero-order valence-electron chi connectivity index (χ0n) is 16.1. The molecule has 0 aliphatic heterocycles. The lowest BCUT2D eigenvalue weighted by Crippen LogP contribution is -2.26. The SMILES string of the molecule is CCn1ccnc1-c1cc(F)cc(C(=O)NCCC(=O)OCc2ccccc2)c1. The lowest BCUT2D eigenvalue weighted by molar-refractivity contribution is -0.144. The summed E-state index contributed by atoms with van der Waals surface area (Å²) in [5, 5.41) is 2.62. The number of rotatable bonds is 8. The molecule has 0 spiro atoms. The average molecular weight is 395 g/mol. The van der Waals surface area contributed by atoms with Crippen LogP contribution in [0.4, 0.5) is 4.39 Å². The molecule has 29 heavy (non-hydrogen) atoms.